The summed E-state index contributed by atoms with van der Waals surface area (Å²) in [6.07, 6.45) is 22.0. The molecule has 0 saturated carbocycles. The van der Waals surface area contributed by atoms with Crippen LogP contribution >= 0.6 is 0 Å². The topological polar surface area (TPSA) is 114 Å². The first-order chi connectivity index (χ1) is 25.0. The first-order valence-corrected chi connectivity index (χ1v) is 22.8. The van der Waals surface area contributed by atoms with Gasteiger partial charge in [-0.1, -0.05) is 153 Å². The monoisotopic (exact) mass is 790 g/mol. The Bertz CT molecular complexity index is 1770. The number of aryl methyl sites for hydroxylation is 4. The summed E-state index contributed by atoms with van der Waals surface area (Å²) in [5, 5.41) is 3.02. The molecule has 0 aliphatic rings. The van der Waals surface area contributed by atoms with Crippen molar-refractivity contribution < 1.29 is 25.9 Å². The number of benzene rings is 4. The smallest absolute Gasteiger partial charge is 0.744 e. The minimum atomic E-state index is -4.48. The molecule has 0 aliphatic carbocycles. The van der Waals surface area contributed by atoms with Crippen molar-refractivity contribution >= 4 is 79.5 Å². The van der Waals surface area contributed by atoms with Gasteiger partial charge in [-0.05, 0) is 107 Å². The zero-order valence-electron chi connectivity index (χ0n) is 32.9. The fraction of sp³-hybridized carbons (Fsp3) is 0.545. The summed E-state index contributed by atoms with van der Waals surface area (Å²) in [6, 6.07) is 18.2. The van der Waals surface area contributed by atoms with Crippen molar-refractivity contribution in [1.82, 2.24) is 0 Å². The van der Waals surface area contributed by atoms with Gasteiger partial charge in [-0.3, -0.25) is 0 Å². The minimum absolute atomic E-state index is 0. The van der Waals surface area contributed by atoms with Gasteiger partial charge in [0.2, 0.25) is 0 Å². The Balaban J connectivity index is 0.000000360. The summed E-state index contributed by atoms with van der Waals surface area (Å²) >= 11 is 0. The van der Waals surface area contributed by atoms with E-state index in [1.54, 1.807) is 36.4 Å². The molecular formula is C44H62CaO6S2. The van der Waals surface area contributed by atoms with Gasteiger partial charge < -0.3 is 9.11 Å². The number of unbranched alkanes of at least 4 members (excludes halogenated alkanes) is 12. The maximum atomic E-state index is 11.8. The van der Waals surface area contributed by atoms with Gasteiger partial charge >= 0.3 is 37.7 Å². The predicted molar refractivity (Wildman–Crippen MR) is 221 cm³/mol. The average Bonchev–Trinajstić information content (AvgIpc) is 3.12. The van der Waals surface area contributed by atoms with Gasteiger partial charge in [0.05, 0.1) is 9.79 Å². The number of hydrogen-bond donors (Lipinski definition) is 0. The number of fused-ring (bicyclic) bond motifs is 2. The summed E-state index contributed by atoms with van der Waals surface area (Å²) in [5.74, 6) is 0. The first kappa shape index (κ1) is 47.6. The molecule has 0 N–H and O–H groups in total. The van der Waals surface area contributed by atoms with Crippen LogP contribution in [0.5, 0.6) is 0 Å². The molecule has 0 aromatic heterocycles. The zero-order chi connectivity index (χ0) is 38.0. The van der Waals surface area contributed by atoms with Crippen LogP contribution in [0.4, 0.5) is 0 Å². The molecule has 6 nitrogen and oxygen atoms in total. The fourth-order valence-electron chi connectivity index (χ4n) is 7.31. The van der Waals surface area contributed by atoms with Crippen LogP contribution < -0.4 is 0 Å². The van der Waals surface area contributed by atoms with Crippen LogP contribution in [0.25, 0.3) is 21.5 Å². The van der Waals surface area contributed by atoms with Gasteiger partial charge in [0, 0.05) is 0 Å². The van der Waals surface area contributed by atoms with E-state index in [0.717, 1.165) is 86.1 Å². The third kappa shape index (κ3) is 15.2. The maximum Gasteiger partial charge on any atom is 2.00 e. The van der Waals surface area contributed by atoms with Gasteiger partial charge in [-0.2, -0.15) is 0 Å². The summed E-state index contributed by atoms with van der Waals surface area (Å²) in [7, 11) is -8.97. The van der Waals surface area contributed by atoms with Crippen molar-refractivity contribution in [3.63, 3.8) is 0 Å². The van der Waals surface area contributed by atoms with Gasteiger partial charge in [-0.15, -0.1) is 0 Å². The SMILES string of the molecule is CCCCCCc1cc(S(=O)(=O)[O-])c2ccccc2c1CCCCCC.CCCCCCc1cc(S(=O)(=O)[O-])c2ccccc2c1CCCCCC.[Ca+2]. The molecule has 4 aromatic carbocycles. The van der Waals surface area contributed by atoms with Crippen LogP contribution in [-0.2, 0) is 45.9 Å². The molecule has 0 aliphatic heterocycles. The van der Waals surface area contributed by atoms with Crippen LogP contribution in [0.15, 0.2) is 70.5 Å². The van der Waals surface area contributed by atoms with Crippen molar-refractivity contribution in [3.05, 3.63) is 82.9 Å². The van der Waals surface area contributed by atoms with E-state index in [4.69, 9.17) is 0 Å². The third-order valence-corrected chi connectivity index (χ3v) is 11.9. The van der Waals surface area contributed by atoms with Gasteiger partial charge in [0.1, 0.15) is 20.2 Å². The molecule has 0 bridgehead atoms. The standard InChI is InChI=1S/2C22H32O3S.Ca/c2*1-3-5-7-9-13-18-17-22(26(23,24)25)21-16-12-11-15-20(21)19(18)14-10-8-6-4-2;/h2*11-12,15-17H,3-10,13-14H2,1-2H3,(H,23,24,25);/q;;+2/p-2. The molecule has 0 radical (unpaired) electrons. The van der Waals surface area contributed by atoms with Crippen molar-refractivity contribution in [2.45, 2.75) is 166 Å². The van der Waals surface area contributed by atoms with Crippen LogP contribution in [0, 0.1) is 0 Å². The zero-order valence-corrected chi connectivity index (χ0v) is 36.7. The summed E-state index contributed by atoms with van der Waals surface area (Å²) < 4.78 is 71.0. The van der Waals surface area contributed by atoms with E-state index >= 15 is 0 Å². The molecular weight excluding hydrogens is 729 g/mol. The van der Waals surface area contributed by atoms with Crippen molar-refractivity contribution in [3.8, 4) is 0 Å². The van der Waals surface area contributed by atoms with Crippen LogP contribution in [0.3, 0.4) is 0 Å². The van der Waals surface area contributed by atoms with Gasteiger partial charge in [0.25, 0.3) is 0 Å². The quantitative estimate of drug-likeness (QED) is 0.0445. The second-order valence-electron chi connectivity index (χ2n) is 14.3. The van der Waals surface area contributed by atoms with Crippen molar-refractivity contribution in [2.24, 2.45) is 0 Å². The molecule has 4 rings (SSSR count). The molecule has 0 saturated heterocycles. The van der Waals surface area contributed by atoms with Crippen molar-refractivity contribution in [2.75, 3.05) is 0 Å². The Morgan fingerprint density at radius 3 is 0.981 bits per heavy atom. The van der Waals surface area contributed by atoms with E-state index in [0.29, 0.717) is 10.8 Å². The fourth-order valence-corrected chi connectivity index (χ4v) is 8.77. The van der Waals surface area contributed by atoms with Crippen LogP contribution in [0.2, 0.25) is 0 Å². The van der Waals surface area contributed by atoms with Gasteiger partial charge in [-0.25, -0.2) is 16.8 Å². The van der Waals surface area contributed by atoms with Crippen molar-refractivity contribution in [1.29, 1.82) is 0 Å². The third-order valence-electron chi connectivity index (χ3n) is 10.1. The molecule has 0 spiro atoms. The molecule has 288 valence electrons. The van der Waals surface area contributed by atoms with E-state index in [1.807, 2.05) is 24.3 Å². The molecule has 4 aromatic rings. The summed E-state index contributed by atoms with van der Waals surface area (Å²) in [5.41, 5.74) is 4.57. The van der Waals surface area contributed by atoms with E-state index < -0.39 is 20.2 Å². The Morgan fingerprint density at radius 2 is 0.698 bits per heavy atom. The molecule has 53 heavy (non-hydrogen) atoms. The Hall–Kier alpha value is -1.52. The molecule has 0 fully saturated rings. The molecule has 0 unspecified atom stereocenters. The predicted octanol–water partition coefficient (Wildman–Crippen LogP) is 11.6. The van der Waals surface area contributed by atoms with E-state index in [9.17, 15) is 25.9 Å². The average molecular weight is 791 g/mol. The molecule has 0 amide bonds. The summed E-state index contributed by atoms with van der Waals surface area (Å²) in [4.78, 5) is -0.119. The Morgan fingerprint density at radius 1 is 0.415 bits per heavy atom. The second-order valence-corrected chi connectivity index (χ2v) is 17.0. The first-order valence-electron chi connectivity index (χ1n) is 20.0. The largest absolute Gasteiger partial charge is 2.00 e. The Labute approximate surface area is 351 Å². The van der Waals surface area contributed by atoms with Gasteiger partial charge in [0.15, 0.2) is 0 Å². The van der Waals surface area contributed by atoms with Crippen LogP contribution in [0.1, 0.15) is 153 Å². The van der Waals surface area contributed by atoms with E-state index in [1.165, 1.54) is 75.3 Å². The second kappa shape index (κ2) is 24.9. The minimum Gasteiger partial charge on any atom is -0.744 e. The maximum absolute atomic E-state index is 11.8. The molecule has 9 heteroatoms. The number of hydrogen-bond acceptors (Lipinski definition) is 6. The summed E-state index contributed by atoms with van der Waals surface area (Å²) in [6.45, 7) is 8.75. The molecule has 0 heterocycles. The molecule has 0 atom stereocenters. The van der Waals surface area contributed by atoms with E-state index in [-0.39, 0.29) is 47.5 Å². The van der Waals surface area contributed by atoms with E-state index in [2.05, 4.69) is 27.7 Å². The Kier molecular flexibility index (Phi) is 22.4. The number of rotatable bonds is 22. The normalized spacial score (nSPS) is 11.7. The van der Waals surface area contributed by atoms with Crippen LogP contribution in [-0.4, -0.2) is 63.7 Å².